The van der Waals surface area contributed by atoms with E-state index in [0.29, 0.717) is 0 Å². The van der Waals surface area contributed by atoms with E-state index in [1.54, 1.807) is 0 Å². The molecule has 0 radical (unpaired) electrons. The minimum atomic E-state index is -0.954. The van der Waals surface area contributed by atoms with E-state index in [2.05, 4.69) is 15.8 Å². The van der Waals surface area contributed by atoms with Crippen LogP contribution in [0.15, 0.2) is 22.7 Å². The van der Waals surface area contributed by atoms with Gasteiger partial charge in [-0.1, -0.05) is 35.7 Å². The lowest BCUT2D eigenvalue weighted by Crippen LogP contribution is -2.45. The topological polar surface area (TPSA) is 111 Å². The Hall–Kier alpha value is -2.94. The average molecular weight is 424 g/mol. The molecule has 2 N–H and O–H groups in total. The number of rotatable bonds is 5. The molecule has 1 heterocycles. The molecule has 1 aromatic heterocycles. The second-order valence-corrected chi connectivity index (χ2v) is 7.05. The Morgan fingerprint density at radius 3 is 2.72 bits per heavy atom. The lowest BCUT2D eigenvalue weighted by atomic mass is 10.1. The number of halogens is 2. The van der Waals surface area contributed by atoms with Crippen LogP contribution in [-0.4, -0.2) is 35.7 Å². The van der Waals surface area contributed by atoms with E-state index in [9.17, 15) is 18.8 Å². The van der Waals surface area contributed by atoms with Crippen LogP contribution in [-0.2, 0) is 9.53 Å². The van der Waals surface area contributed by atoms with Gasteiger partial charge in [0.15, 0.2) is 6.61 Å². The molecule has 0 atom stereocenters. The number of hydrogen-bond acceptors (Lipinski definition) is 6. The molecule has 0 bridgehead atoms. The van der Waals surface area contributed by atoms with E-state index in [4.69, 9.17) is 20.9 Å². The van der Waals surface area contributed by atoms with Crippen molar-refractivity contribution in [3.8, 4) is 11.3 Å². The van der Waals surface area contributed by atoms with Crippen molar-refractivity contribution in [2.45, 2.75) is 38.6 Å². The van der Waals surface area contributed by atoms with Gasteiger partial charge in [-0.15, -0.1) is 0 Å². The first-order chi connectivity index (χ1) is 13.9. The van der Waals surface area contributed by atoms with Crippen LogP contribution in [0.2, 0.25) is 5.02 Å². The summed E-state index contributed by atoms with van der Waals surface area (Å²) < 4.78 is 24.1. The first kappa shape index (κ1) is 20.8. The maximum absolute atomic E-state index is 14.2. The third kappa shape index (κ3) is 4.92. The lowest BCUT2D eigenvalue weighted by Gasteiger charge is -2.12. The van der Waals surface area contributed by atoms with Gasteiger partial charge in [0.1, 0.15) is 22.8 Å². The zero-order valence-electron chi connectivity index (χ0n) is 15.6. The van der Waals surface area contributed by atoms with Crippen molar-refractivity contribution in [2.75, 3.05) is 6.61 Å². The van der Waals surface area contributed by atoms with Gasteiger partial charge < -0.3 is 14.6 Å². The van der Waals surface area contributed by atoms with Crippen molar-refractivity contribution in [3.63, 3.8) is 0 Å². The third-order valence-electron chi connectivity index (χ3n) is 4.54. The number of ether oxygens (including phenoxy) is 1. The van der Waals surface area contributed by atoms with Gasteiger partial charge in [-0.3, -0.25) is 10.1 Å². The summed E-state index contributed by atoms with van der Waals surface area (Å²) in [7, 11) is 0. The molecule has 29 heavy (non-hydrogen) atoms. The summed E-state index contributed by atoms with van der Waals surface area (Å²) in [4.78, 5) is 36.1. The van der Waals surface area contributed by atoms with E-state index in [0.717, 1.165) is 31.7 Å². The number of imide groups is 1. The molecule has 1 aliphatic rings. The van der Waals surface area contributed by atoms with Gasteiger partial charge in [0.05, 0.1) is 10.6 Å². The number of nitrogens with zero attached hydrogens (tertiary/aromatic N) is 1. The Labute approximate surface area is 170 Å². The number of benzene rings is 1. The van der Waals surface area contributed by atoms with Gasteiger partial charge in [0.2, 0.25) is 0 Å². The molecule has 1 saturated carbocycles. The number of amides is 3. The summed E-state index contributed by atoms with van der Waals surface area (Å²) in [6, 6.07) is 3.41. The van der Waals surface area contributed by atoms with Crippen molar-refractivity contribution in [2.24, 2.45) is 0 Å². The molecule has 1 fully saturated rings. The van der Waals surface area contributed by atoms with Crippen LogP contribution >= 0.6 is 11.6 Å². The second kappa shape index (κ2) is 9.04. The zero-order valence-corrected chi connectivity index (χ0v) is 16.3. The van der Waals surface area contributed by atoms with E-state index < -0.39 is 30.3 Å². The summed E-state index contributed by atoms with van der Waals surface area (Å²) in [5, 5.41) is 8.52. The molecule has 2 aromatic rings. The Morgan fingerprint density at radius 1 is 1.31 bits per heavy atom. The highest BCUT2D eigenvalue weighted by Gasteiger charge is 2.27. The van der Waals surface area contributed by atoms with Crippen molar-refractivity contribution < 1.29 is 28.0 Å². The van der Waals surface area contributed by atoms with Crippen molar-refractivity contribution in [3.05, 3.63) is 40.4 Å². The number of carbonyl (C=O) groups is 3. The first-order valence-electron chi connectivity index (χ1n) is 9.05. The van der Waals surface area contributed by atoms with Crippen molar-refractivity contribution in [1.29, 1.82) is 0 Å². The van der Waals surface area contributed by atoms with Crippen LogP contribution in [0.5, 0.6) is 0 Å². The van der Waals surface area contributed by atoms with Crippen molar-refractivity contribution in [1.82, 2.24) is 15.8 Å². The minimum Gasteiger partial charge on any atom is -0.452 e. The summed E-state index contributed by atoms with van der Waals surface area (Å²) in [5.41, 5.74) is -0.395. The standard InChI is InChI=1S/C19H19ClFN3O5/c1-10-15(17(24-29-10)16-12(20)7-4-8-13(16)21)18(26)28-9-14(25)23-19(27)22-11-5-2-3-6-11/h4,7-8,11H,2-3,5-6,9H2,1H3,(H2,22,23,25,27). The molecule has 10 heteroatoms. The number of urea groups is 1. The van der Waals surface area contributed by atoms with Gasteiger partial charge in [0.25, 0.3) is 5.91 Å². The number of esters is 1. The Balaban J connectivity index is 1.63. The Bertz CT molecular complexity index is 920. The smallest absolute Gasteiger partial charge is 0.344 e. The summed E-state index contributed by atoms with van der Waals surface area (Å²) in [6.45, 7) is 0.739. The summed E-state index contributed by atoms with van der Waals surface area (Å²) in [5.74, 6) is -2.37. The number of carbonyl (C=O) groups excluding carboxylic acids is 3. The maximum Gasteiger partial charge on any atom is 0.344 e. The third-order valence-corrected chi connectivity index (χ3v) is 4.86. The van der Waals surface area contributed by atoms with Crippen LogP contribution in [0.3, 0.4) is 0 Å². The number of aryl methyl sites for hydroxylation is 1. The Morgan fingerprint density at radius 2 is 2.03 bits per heavy atom. The number of aromatic nitrogens is 1. The molecule has 3 amide bonds. The predicted octanol–water partition coefficient (Wildman–Crippen LogP) is 3.37. The monoisotopic (exact) mass is 423 g/mol. The average Bonchev–Trinajstić information content (AvgIpc) is 3.29. The molecule has 154 valence electrons. The molecule has 0 aliphatic heterocycles. The summed E-state index contributed by atoms with van der Waals surface area (Å²) in [6.07, 6.45) is 3.79. The minimum absolute atomic E-state index is 0.0358. The normalized spacial score (nSPS) is 13.9. The molecule has 0 unspecified atom stereocenters. The molecular formula is C19H19ClFN3O5. The van der Waals surface area contributed by atoms with Crippen molar-refractivity contribution >= 4 is 29.5 Å². The highest BCUT2D eigenvalue weighted by Crippen LogP contribution is 2.33. The Kier molecular flexibility index (Phi) is 6.48. The van der Waals surface area contributed by atoms with Crippen LogP contribution in [0.1, 0.15) is 41.8 Å². The fourth-order valence-electron chi connectivity index (χ4n) is 3.16. The van der Waals surface area contributed by atoms with Crippen LogP contribution < -0.4 is 10.6 Å². The zero-order chi connectivity index (χ0) is 21.0. The van der Waals surface area contributed by atoms with Crippen LogP contribution in [0.25, 0.3) is 11.3 Å². The highest BCUT2D eigenvalue weighted by atomic mass is 35.5. The van der Waals surface area contributed by atoms with E-state index in [1.165, 1.54) is 19.1 Å². The van der Waals surface area contributed by atoms with E-state index in [-0.39, 0.29) is 33.6 Å². The second-order valence-electron chi connectivity index (χ2n) is 6.64. The fraction of sp³-hybridized carbons (Fsp3) is 0.368. The van der Waals surface area contributed by atoms with Gasteiger partial charge in [-0.25, -0.2) is 14.0 Å². The molecule has 3 rings (SSSR count). The molecule has 8 nitrogen and oxygen atoms in total. The quantitative estimate of drug-likeness (QED) is 0.713. The number of nitrogens with one attached hydrogen (secondary N) is 2. The molecular weight excluding hydrogens is 405 g/mol. The summed E-state index contributed by atoms with van der Waals surface area (Å²) >= 11 is 6.02. The van der Waals surface area contributed by atoms with Gasteiger partial charge in [-0.05, 0) is 31.9 Å². The maximum atomic E-state index is 14.2. The SMILES string of the molecule is Cc1onc(-c2c(F)cccc2Cl)c1C(=O)OCC(=O)NC(=O)NC1CCCC1. The lowest BCUT2D eigenvalue weighted by molar-refractivity contribution is -0.123. The van der Waals surface area contributed by atoms with E-state index >= 15 is 0 Å². The predicted molar refractivity (Wildman–Crippen MR) is 101 cm³/mol. The molecule has 1 aromatic carbocycles. The highest BCUT2D eigenvalue weighted by molar-refractivity contribution is 6.33. The van der Waals surface area contributed by atoms with E-state index in [1.807, 2.05) is 0 Å². The first-order valence-corrected chi connectivity index (χ1v) is 9.42. The molecule has 0 saturated heterocycles. The molecule has 1 aliphatic carbocycles. The number of hydrogen-bond donors (Lipinski definition) is 2. The van der Waals surface area contributed by atoms with Crippen LogP contribution in [0.4, 0.5) is 9.18 Å². The van der Waals surface area contributed by atoms with Gasteiger partial charge in [-0.2, -0.15) is 0 Å². The van der Waals surface area contributed by atoms with Gasteiger partial charge in [0, 0.05) is 6.04 Å². The molecule has 0 spiro atoms. The largest absolute Gasteiger partial charge is 0.452 e. The van der Waals surface area contributed by atoms with Gasteiger partial charge >= 0.3 is 12.0 Å². The fourth-order valence-corrected chi connectivity index (χ4v) is 3.42. The van der Waals surface area contributed by atoms with Crippen LogP contribution in [0, 0.1) is 12.7 Å².